The van der Waals surface area contributed by atoms with E-state index in [1.54, 1.807) is 13.8 Å². The number of nitrogens with one attached hydrogen (secondary N) is 1. The van der Waals surface area contributed by atoms with Gasteiger partial charge < -0.3 is 16.3 Å². The Morgan fingerprint density at radius 1 is 1.42 bits per heavy atom. The zero-order valence-electron chi connectivity index (χ0n) is 12.0. The van der Waals surface area contributed by atoms with E-state index < -0.39 is 26.4 Å². The molecule has 1 unspecified atom stereocenters. The summed E-state index contributed by atoms with van der Waals surface area (Å²) in [5, 5.41) is 14.0. The van der Waals surface area contributed by atoms with Gasteiger partial charge in [-0.15, -0.1) is 0 Å². The molecule has 8 heteroatoms. The van der Waals surface area contributed by atoms with E-state index in [0.717, 1.165) is 6.26 Å². The summed E-state index contributed by atoms with van der Waals surface area (Å²) in [5.41, 5.74) is 5.47. The first kappa shape index (κ1) is 17.7. The van der Waals surface area contributed by atoms with E-state index >= 15 is 0 Å². The minimum Gasteiger partial charge on any atom is -0.409 e. The SMILES string of the molecule is CC(C)C(C(=O)NCC(C)(C)S(C)(=O)=O)C(N)=NO. The average molecular weight is 293 g/mol. The van der Waals surface area contributed by atoms with Gasteiger partial charge in [-0.2, -0.15) is 0 Å². The van der Waals surface area contributed by atoms with Gasteiger partial charge in [0.05, 0.1) is 4.75 Å². The lowest BCUT2D eigenvalue weighted by molar-refractivity contribution is -0.124. The van der Waals surface area contributed by atoms with E-state index in [9.17, 15) is 13.2 Å². The predicted octanol–water partition coefficient (Wildman–Crippen LogP) is -0.0556. The number of sulfone groups is 1. The van der Waals surface area contributed by atoms with Crippen molar-refractivity contribution in [2.75, 3.05) is 12.8 Å². The largest absolute Gasteiger partial charge is 0.409 e. The maximum Gasteiger partial charge on any atom is 0.231 e. The Balaban J connectivity index is 4.88. The van der Waals surface area contributed by atoms with Crippen LogP contribution >= 0.6 is 0 Å². The Morgan fingerprint density at radius 2 is 1.89 bits per heavy atom. The molecule has 0 saturated carbocycles. The maximum atomic E-state index is 12.0. The van der Waals surface area contributed by atoms with Crippen LogP contribution in [0, 0.1) is 11.8 Å². The molecule has 0 rings (SSSR count). The molecule has 0 spiro atoms. The number of oxime groups is 1. The van der Waals surface area contributed by atoms with Gasteiger partial charge in [0.2, 0.25) is 5.91 Å². The number of amidine groups is 1. The van der Waals surface area contributed by atoms with Gasteiger partial charge in [0.1, 0.15) is 5.92 Å². The van der Waals surface area contributed by atoms with Gasteiger partial charge >= 0.3 is 0 Å². The van der Waals surface area contributed by atoms with Crippen molar-refractivity contribution in [2.45, 2.75) is 32.4 Å². The highest BCUT2D eigenvalue weighted by atomic mass is 32.2. The van der Waals surface area contributed by atoms with Crippen LogP contribution in [0.2, 0.25) is 0 Å². The summed E-state index contributed by atoms with van der Waals surface area (Å²) in [4.78, 5) is 12.0. The second-order valence-electron chi connectivity index (χ2n) is 5.50. The molecule has 0 aliphatic heterocycles. The molecule has 0 saturated heterocycles. The molecule has 0 aromatic rings. The highest BCUT2D eigenvalue weighted by molar-refractivity contribution is 7.92. The first-order chi connectivity index (χ1) is 8.44. The highest BCUT2D eigenvalue weighted by Crippen LogP contribution is 2.15. The molecular weight excluding hydrogens is 270 g/mol. The monoisotopic (exact) mass is 293 g/mol. The van der Waals surface area contributed by atoms with Gasteiger partial charge in [0.25, 0.3) is 0 Å². The van der Waals surface area contributed by atoms with Crippen LogP contribution in [0.3, 0.4) is 0 Å². The average Bonchev–Trinajstić information content (AvgIpc) is 2.24. The van der Waals surface area contributed by atoms with Crippen molar-refractivity contribution >= 4 is 21.6 Å². The normalized spacial score (nSPS) is 15.4. The van der Waals surface area contributed by atoms with Crippen molar-refractivity contribution in [2.24, 2.45) is 22.7 Å². The Morgan fingerprint density at radius 3 is 2.21 bits per heavy atom. The molecule has 0 fully saturated rings. The third-order valence-electron chi connectivity index (χ3n) is 3.08. The zero-order chi connectivity index (χ0) is 15.4. The van der Waals surface area contributed by atoms with Gasteiger partial charge in [-0.25, -0.2) is 8.42 Å². The van der Waals surface area contributed by atoms with Crippen LogP contribution in [0.15, 0.2) is 5.16 Å². The number of carbonyl (C=O) groups is 1. The highest BCUT2D eigenvalue weighted by Gasteiger charge is 2.33. The predicted molar refractivity (Wildman–Crippen MR) is 73.7 cm³/mol. The number of rotatable bonds is 6. The van der Waals surface area contributed by atoms with Gasteiger partial charge in [0, 0.05) is 12.8 Å². The number of amides is 1. The van der Waals surface area contributed by atoms with Crippen molar-refractivity contribution in [3.05, 3.63) is 0 Å². The number of hydrogen-bond acceptors (Lipinski definition) is 5. The number of nitrogens with zero attached hydrogens (tertiary/aromatic N) is 1. The summed E-state index contributed by atoms with van der Waals surface area (Å²) >= 11 is 0. The van der Waals surface area contributed by atoms with Crippen molar-refractivity contribution in [3.63, 3.8) is 0 Å². The molecule has 0 bridgehead atoms. The number of nitrogens with two attached hydrogens (primary N) is 1. The van der Waals surface area contributed by atoms with Crippen molar-refractivity contribution in [3.8, 4) is 0 Å². The summed E-state index contributed by atoms with van der Waals surface area (Å²) in [7, 11) is -3.30. The van der Waals surface area contributed by atoms with Crippen LogP contribution in [-0.2, 0) is 14.6 Å². The van der Waals surface area contributed by atoms with Gasteiger partial charge in [-0.05, 0) is 19.8 Å². The second-order valence-corrected chi connectivity index (χ2v) is 8.15. The van der Waals surface area contributed by atoms with E-state index in [0.29, 0.717) is 0 Å². The molecule has 7 nitrogen and oxygen atoms in total. The fourth-order valence-electron chi connectivity index (χ4n) is 1.38. The first-order valence-corrected chi connectivity index (χ1v) is 7.78. The van der Waals surface area contributed by atoms with E-state index in [1.807, 2.05) is 0 Å². The fraction of sp³-hybridized carbons (Fsp3) is 0.818. The third-order valence-corrected chi connectivity index (χ3v) is 5.23. The lowest BCUT2D eigenvalue weighted by Crippen LogP contribution is -2.48. The number of carbonyl (C=O) groups excluding carboxylic acids is 1. The smallest absolute Gasteiger partial charge is 0.231 e. The standard InChI is InChI=1S/C11H23N3O4S/c1-7(2)8(9(12)14-16)10(15)13-6-11(3,4)19(5,17)18/h7-8,16H,6H2,1-5H3,(H2,12,14)(H,13,15). The maximum absolute atomic E-state index is 12.0. The van der Waals surface area contributed by atoms with E-state index in [1.165, 1.54) is 13.8 Å². The molecule has 0 heterocycles. The first-order valence-electron chi connectivity index (χ1n) is 5.88. The van der Waals surface area contributed by atoms with Crippen molar-refractivity contribution in [1.82, 2.24) is 5.32 Å². The van der Waals surface area contributed by atoms with Crippen LogP contribution in [0.4, 0.5) is 0 Å². The minimum absolute atomic E-state index is 0.0351. The van der Waals surface area contributed by atoms with Gasteiger partial charge in [0.15, 0.2) is 15.7 Å². The summed E-state index contributed by atoms with van der Waals surface area (Å²) in [6.07, 6.45) is 1.11. The molecule has 0 radical (unpaired) electrons. The summed E-state index contributed by atoms with van der Waals surface area (Å²) in [6, 6.07) is 0. The zero-order valence-corrected chi connectivity index (χ0v) is 12.8. The minimum atomic E-state index is -3.30. The molecule has 1 amide bonds. The van der Waals surface area contributed by atoms with E-state index in [2.05, 4.69) is 10.5 Å². The molecule has 0 aromatic carbocycles. The number of hydrogen-bond donors (Lipinski definition) is 3. The molecular formula is C11H23N3O4S. The summed E-state index contributed by atoms with van der Waals surface area (Å²) in [5.74, 6) is -1.61. The third kappa shape index (κ3) is 4.70. The Hall–Kier alpha value is -1.31. The molecule has 112 valence electrons. The quantitative estimate of drug-likeness (QED) is 0.274. The van der Waals surface area contributed by atoms with Crippen molar-refractivity contribution in [1.29, 1.82) is 0 Å². The lowest BCUT2D eigenvalue weighted by Gasteiger charge is -2.25. The van der Waals surface area contributed by atoms with Gasteiger partial charge in [-0.1, -0.05) is 19.0 Å². The molecule has 1 atom stereocenters. The molecule has 0 aliphatic rings. The summed E-state index contributed by atoms with van der Waals surface area (Å²) in [6.45, 7) is 6.52. The molecule has 19 heavy (non-hydrogen) atoms. The summed E-state index contributed by atoms with van der Waals surface area (Å²) < 4.78 is 22.0. The van der Waals surface area contributed by atoms with Crippen LogP contribution in [0.5, 0.6) is 0 Å². The van der Waals surface area contributed by atoms with E-state index in [4.69, 9.17) is 10.9 Å². The van der Waals surface area contributed by atoms with Crippen LogP contribution in [0.25, 0.3) is 0 Å². The Labute approximate surface area is 114 Å². The van der Waals surface area contributed by atoms with Crippen LogP contribution < -0.4 is 11.1 Å². The fourth-order valence-corrected chi connectivity index (χ4v) is 1.72. The van der Waals surface area contributed by atoms with Gasteiger partial charge in [-0.3, -0.25) is 4.79 Å². The molecule has 4 N–H and O–H groups in total. The lowest BCUT2D eigenvalue weighted by atomic mass is 9.93. The topological polar surface area (TPSA) is 122 Å². The van der Waals surface area contributed by atoms with Crippen LogP contribution in [-0.4, -0.2) is 42.9 Å². The van der Waals surface area contributed by atoms with Crippen LogP contribution in [0.1, 0.15) is 27.7 Å². The van der Waals surface area contributed by atoms with E-state index in [-0.39, 0.29) is 18.3 Å². The Kier molecular flexibility index (Phi) is 5.80. The molecule has 0 aromatic heterocycles. The molecule has 0 aliphatic carbocycles. The second kappa shape index (κ2) is 6.23. The Bertz CT molecular complexity index is 455. The van der Waals surface area contributed by atoms with Crippen molar-refractivity contribution < 1.29 is 18.4 Å².